The number of nitrogens with one attached hydrogen (secondary N) is 2. The second-order valence-corrected chi connectivity index (χ2v) is 7.67. The Morgan fingerprint density at radius 2 is 1.90 bits per heavy atom. The zero-order chi connectivity index (χ0) is 15.0. The van der Waals surface area contributed by atoms with E-state index >= 15 is 0 Å². The summed E-state index contributed by atoms with van der Waals surface area (Å²) >= 11 is 0. The lowest BCUT2D eigenvalue weighted by Gasteiger charge is -2.41. The van der Waals surface area contributed by atoms with E-state index < -0.39 is 5.60 Å². The van der Waals surface area contributed by atoms with Gasteiger partial charge in [0.1, 0.15) is 5.60 Å². The summed E-state index contributed by atoms with van der Waals surface area (Å²) in [5, 5.41) is 6.42. The predicted octanol–water partition coefficient (Wildman–Crippen LogP) is 2.06. The van der Waals surface area contributed by atoms with Gasteiger partial charge in [0.05, 0.1) is 18.2 Å². The van der Waals surface area contributed by atoms with Crippen molar-refractivity contribution in [3.8, 4) is 0 Å². The Bertz CT molecular complexity index is 368. The zero-order valence-electron chi connectivity index (χ0n) is 13.3. The number of amides is 1. The van der Waals surface area contributed by atoms with Gasteiger partial charge in [-0.15, -0.1) is 0 Å². The van der Waals surface area contributed by atoms with Crippen LogP contribution >= 0.6 is 0 Å². The average Bonchev–Trinajstić information content (AvgIpc) is 2.53. The lowest BCUT2D eigenvalue weighted by Crippen LogP contribution is -2.59. The number of carbonyl (C=O) groups is 1. The minimum Gasteiger partial charge on any atom is -0.444 e. The molecule has 2 fully saturated rings. The number of hydrogen-bond acceptors (Lipinski definition) is 4. The first-order chi connectivity index (χ1) is 9.15. The summed E-state index contributed by atoms with van der Waals surface area (Å²) in [6.45, 7) is 12.5. The van der Waals surface area contributed by atoms with E-state index in [0.717, 1.165) is 25.9 Å². The molecule has 2 rings (SSSR count). The quantitative estimate of drug-likeness (QED) is 0.774. The average molecular weight is 284 g/mol. The van der Waals surface area contributed by atoms with E-state index in [9.17, 15) is 4.79 Å². The highest BCUT2D eigenvalue weighted by atomic mass is 16.6. The minimum absolute atomic E-state index is 0.00745. The van der Waals surface area contributed by atoms with Crippen molar-refractivity contribution in [2.45, 2.75) is 64.7 Å². The third-order valence-corrected chi connectivity index (χ3v) is 4.15. The molecule has 5 heteroatoms. The second kappa shape index (κ2) is 5.19. The monoisotopic (exact) mass is 284 g/mol. The molecule has 1 amide bonds. The van der Waals surface area contributed by atoms with Gasteiger partial charge in [0.2, 0.25) is 0 Å². The van der Waals surface area contributed by atoms with Crippen molar-refractivity contribution in [2.24, 2.45) is 5.41 Å². The molecule has 2 aliphatic heterocycles. The minimum atomic E-state index is -0.477. The van der Waals surface area contributed by atoms with Crippen LogP contribution in [0.25, 0.3) is 0 Å². The van der Waals surface area contributed by atoms with E-state index in [-0.39, 0.29) is 23.2 Å². The maximum Gasteiger partial charge on any atom is 0.407 e. The van der Waals surface area contributed by atoms with Crippen LogP contribution in [0.4, 0.5) is 4.79 Å². The number of alkyl carbamates (subject to hydrolysis) is 1. The number of carbonyl (C=O) groups excluding carboxylic acids is 1. The highest BCUT2D eigenvalue weighted by molar-refractivity contribution is 5.68. The van der Waals surface area contributed by atoms with Crippen molar-refractivity contribution in [2.75, 3.05) is 19.7 Å². The van der Waals surface area contributed by atoms with Crippen LogP contribution in [0, 0.1) is 5.41 Å². The third kappa shape index (κ3) is 3.26. The second-order valence-electron chi connectivity index (χ2n) is 7.67. The third-order valence-electron chi connectivity index (χ3n) is 4.15. The van der Waals surface area contributed by atoms with Gasteiger partial charge in [0, 0.05) is 5.41 Å². The van der Waals surface area contributed by atoms with Gasteiger partial charge in [-0.25, -0.2) is 4.79 Å². The number of hydrogen-bond donors (Lipinski definition) is 2. The van der Waals surface area contributed by atoms with E-state index in [1.54, 1.807) is 0 Å². The van der Waals surface area contributed by atoms with Crippen molar-refractivity contribution in [3.63, 3.8) is 0 Å². The molecule has 0 saturated carbocycles. The molecule has 20 heavy (non-hydrogen) atoms. The van der Waals surface area contributed by atoms with Gasteiger partial charge in [-0.3, -0.25) is 0 Å². The van der Waals surface area contributed by atoms with Crippen LogP contribution < -0.4 is 10.6 Å². The summed E-state index contributed by atoms with van der Waals surface area (Å²) < 4.78 is 11.5. The topological polar surface area (TPSA) is 59.6 Å². The highest BCUT2D eigenvalue weighted by Crippen LogP contribution is 2.44. The Balaban J connectivity index is 2.10. The number of rotatable bonds is 1. The van der Waals surface area contributed by atoms with Crippen molar-refractivity contribution in [1.82, 2.24) is 10.6 Å². The summed E-state index contributed by atoms with van der Waals surface area (Å²) in [6.07, 6.45) is 1.51. The Labute approximate surface area is 121 Å². The van der Waals surface area contributed by atoms with E-state index in [1.807, 2.05) is 20.8 Å². The molecule has 0 aromatic carbocycles. The normalized spacial score (nSPS) is 28.4. The largest absolute Gasteiger partial charge is 0.444 e. The van der Waals surface area contributed by atoms with Gasteiger partial charge in [0.25, 0.3) is 0 Å². The number of ether oxygens (including phenoxy) is 2. The van der Waals surface area contributed by atoms with Gasteiger partial charge < -0.3 is 20.1 Å². The molecule has 0 aliphatic carbocycles. The summed E-state index contributed by atoms with van der Waals surface area (Å²) in [7, 11) is 0. The molecule has 0 aromatic heterocycles. The maximum absolute atomic E-state index is 12.1. The molecule has 116 valence electrons. The van der Waals surface area contributed by atoms with Crippen LogP contribution in [-0.4, -0.2) is 43.0 Å². The van der Waals surface area contributed by atoms with Gasteiger partial charge in [-0.2, -0.15) is 0 Å². The van der Waals surface area contributed by atoms with Gasteiger partial charge in [-0.05, 0) is 46.7 Å². The van der Waals surface area contributed by atoms with E-state index in [4.69, 9.17) is 9.47 Å². The fourth-order valence-corrected chi connectivity index (χ4v) is 3.24. The fourth-order valence-electron chi connectivity index (χ4n) is 3.24. The van der Waals surface area contributed by atoms with E-state index in [2.05, 4.69) is 24.5 Å². The number of piperidine rings is 1. The smallest absolute Gasteiger partial charge is 0.407 e. The molecule has 1 spiro atoms. The van der Waals surface area contributed by atoms with Crippen LogP contribution in [0.2, 0.25) is 0 Å². The Morgan fingerprint density at radius 3 is 2.45 bits per heavy atom. The molecule has 0 bridgehead atoms. The molecular formula is C15H28N2O3. The first-order valence-corrected chi connectivity index (χ1v) is 7.49. The lowest BCUT2D eigenvalue weighted by molar-refractivity contribution is -0.0356. The Morgan fingerprint density at radius 1 is 1.30 bits per heavy atom. The van der Waals surface area contributed by atoms with Crippen LogP contribution in [0.15, 0.2) is 0 Å². The highest BCUT2D eigenvalue weighted by Gasteiger charge is 2.55. The van der Waals surface area contributed by atoms with Crippen LogP contribution in [0.1, 0.15) is 47.5 Å². The molecule has 0 aromatic rings. The van der Waals surface area contributed by atoms with Crippen molar-refractivity contribution in [3.05, 3.63) is 0 Å². The van der Waals surface area contributed by atoms with Crippen LogP contribution in [0.5, 0.6) is 0 Å². The molecule has 2 N–H and O–H groups in total. The molecule has 0 radical (unpaired) electrons. The van der Waals surface area contributed by atoms with Gasteiger partial charge >= 0.3 is 6.09 Å². The molecular weight excluding hydrogens is 256 g/mol. The molecule has 5 nitrogen and oxygen atoms in total. The molecule has 2 aliphatic rings. The van der Waals surface area contributed by atoms with Crippen molar-refractivity contribution in [1.29, 1.82) is 0 Å². The maximum atomic E-state index is 12.1. The standard InChI is InChI=1S/C15H28N2O3/c1-13(2,3)20-12(18)17-11-14(4,5)10-19-15(11)6-8-16-9-7-15/h11,16H,6-10H2,1-5H3,(H,17,18)/t11-/m1/s1. The molecule has 2 heterocycles. The molecule has 1 atom stereocenters. The predicted molar refractivity (Wildman–Crippen MR) is 77.7 cm³/mol. The Kier molecular flexibility index (Phi) is 4.04. The van der Waals surface area contributed by atoms with E-state index in [1.165, 1.54) is 0 Å². The molecule has 0 unspecified atom stereocenters. The van der Waals surface area contributed by atoms with Crippen LogP contribution in [0.3, 0.4) is 0 Å². The molecule has 2 saturated heterocycles. The van der Waals surface area contributed by atoms with Crippen LogP contribution in [-0.2, 0) is 9.47 Å². The van der Waals surface area contributed by atoms with Crippen molar-refractivity contribution >= 4 is 6.09 Å². The summed E-state index contributed by atoms with van der Waals surface area (Å²) in [5.74, 6) is 0. The Hall–Kier alpha value is -0.810. The first kappa shape index (κ1) is 15.6. The van der Waals surface area contributed by atoms with Crippen molar-refractivity contribution < 1.29 is 14.3 Å². The first-order valence-electron chi connectivity index (χ1n) is 7.49. The lowest BCUT2D eigenvalue weighted by atomic mass is 9.74. The SMILES string of the molecule is CC(C)(C)OC(=O)N[C@@H]1C(C)(C)COC12CCNCC2. The summed E-state index contributed by atoms with van der Waals surface area (Å²) in [6, 6.07) is -0.00745. The fraction of sp³-hybridized carbons (Fsp3) is 0.933. The zero-order valence-corrected chi connectivity index (χ0v) is 13.3. The summed E-state index contributed by atoms with van der Waals surface area (Å²) in [4.78, 5) is 12.1. The summed E-state index contributed by atoms with van der Waals surface area (Å²) in [5.41, 5.74) is -0.797. The van der Waals surface area contributed by atoms with E-state index in [0.29, 0.717) is 6.61 Å². The van der Waals surface area contributed by atoms with Gasteiger partial charge in [0.15, 0.2) is 0 Å². The van der Waals surface area contributed by atoms with Gasteiger partial charge in [-0.1, -0.05) is 13.8 Å².